The van der Waals surface area contributed by atoms with Crippen LogP contribution in [0.4, 0.5) is 5.69 Å². The number of amides is 1. The van der Waals surface area contributed by atoms with Crippen molar-refractivity contribution in [2.45, 2.75) is 24.3 Å². The van der Waals surface area contributed by atoms with E-state index in [-0.39, 0.29) is 28.1 Å². The van der Waals surface area contributed by atoms with E-state index in [0.717, 1.165) is 11.1 Å². The topological polar surface area (TPSA) is 93.4 Å². The van der Waals surface area contributed by atoms with E-state index in [1.54, 1.807) is 83.4 Å². The van der Waals surface area contributed by atoms with Crippen molar-refractivity contribution in [2.24, 2.45) is 7.05 Å². The van der Waals surface area contributed by atoms with Crippen LogP contribution < -0.4 is 10.3 Å². The monoisotopic (exact) mass is 618 g/mol. The number of thiophene rings is 1. The summed E-state index contributed by atoms with van der Waals surface area (Å²) in [4.78, 5) is 30.2. The summed E-state index contributed by atoms with van der Waals surface area (Å²) >= 11 is 7.81. The van der Waals surface area contributed by atoms with Crippen molar-refractivity contribution in [1.29, 1.82) is 0 Å². The number of nitrogens with zero attached hydrogens (tertiary/aromatic N) is 3. The molecule has 1 amide bonds. The first-order valence-electron chi connectivity index (χ1n) is 13.3. The van der Waals surface area contributed by atoms with Gasteiger partial charge in [-0.3, -0.25) is 19.0 Å². The minimum absolute atomic E-state index is 0.0538. The van der Waals surface area contributed by atoms with Crippen LogP contribution in [0.3, 0.4) is 0 Å². The Balaban J connectivity index is 1.33. The van der Waals surface area contributed by atoms with E-state index in [0.29, 0.717) is 29.4 Å². The summed E-state index contributed by atoms with van der Waals surface area (Å²) in [6.07, 6.45) is 0.712. The van der Waals surface area contributed by atoms with Crippen LogP contribution in [-0.4, -0.2) is 35.1 Å². The summed E-state index contributed by atoms with van der Waals surface area (Å²) in [6.45, 7) is 2.15. The third-order valence-corrected chi connectivity index (χ3v) is 10.2. The van der Waals surface area contributed by atoms with Crippen LogP contribution in [0.25, 0.3) is 5.69 Å². The fraction of sp³-hybridized carbons (Fsp3) is 0.161. The second-order valence-electron chi connectivity index (χ2n) is 10.1. The number of aromatic nitrogens is 2. The van der Waals surface area contributed by atoms with Crippen molar-refractivity contribution >= 4 is 44.6 Å². The Bertz CT molecular complexity index is 1960. The highest BCUT2D eigenvalue weighted by Gasteiger charge is 2.34. The fourth-order valence-electron chi connectivity index (χ4n) is 5.38. The maximum atomic E-state index is 14.0. The summed E-state index contributed by atoms with van der Waals surface area (Å²) in [5.74, 6) is -0.286. The van der Waals surface area contributed by atoms with E-state index >= 15 is 0 Å². The van der Waals surface area contributed by atoms with Gasteiger partial charge in [-0.2, -0.15) is 0 Å². The number of fused-ring (bicyclic) bond motifs is 1. The molecule has 2 aromatic heterocycles. The Morgan fingerprint density at radius 1 is 1.00 bits per heavy atom. The number of hydrogen-bond acceptors (Lipinski definition) is 5. The van der Waals surface area contributed by atoms with Crippen LogP contribution in [0.2, 0.25) is 5.02 Å². The van der Waals surface area contributed by atoms with Gasteiger partial charge in [0, 0.05) is 29.1 Å². The van der Waals surface area contributed by atoms with Gasteiger partial charge in [0.15, 0.2) is 0 Å². The summed E-state index contributed by atoms with van der Waals surface area (Å²) in [7, 11) is -2.51. The van der Waals surface area contributed by atoms with Crippen molar-refractivity contribution in [3.8, 4) is 5.69 Å². The third kappa shape index (κ3) is 4.95. The van der Waals surface area contributed by atoms with Crippen molar-refractivity contribution < 1.29 is 13.2 Å². The highest BCUT2D eigenvalue weighted by atomic mass is 35.5. The molecule has 0 saturated carbocycles. The fourth-order valence-corrected chi connectivity index (χ4v) is 7.57. The van der Waals surface area contributed by atoms with E-state index in [9.17, 15) is 18.0 Å². The average Bonchev–Trinajstić information content (AvgIpc) is 3.56. The zero-order valence-corrected chi connectivity index (χ0v) is 25.2. The maximum absolute atomic E-state index is 14.0. The van der Waals surface area contributed by atoms with Gasteiger partial charge in [0.1, 0.15) is 5.69 Å². The molecule has 0 saturated heterocycles. The van der Waals surface area contributed by atoms with Crippen LogP contribution in [-0.2, 0) is 23.5 Å². The lowest BCUT2D eigenvalue weighted by Crippen LogP contribution is -2.40. The molecular weight excluding hydrogens is 592 g/mol. The second kappa shape index (κ2) is 10.9. The molecule has 1 unspecified atom stereocenters. The lowest BCUT2D eigenvalue weighted by Gasteiger charge is -2.36. The minimum atomic E-state index is -4.20. The average molecular weight is 619 g/mol. The number of para-hydroxylation sites is 1. The van der Waals surface area contributed by atoms with E-state index in [1.165, 1.54) is 21.7 Å². The summed E-state index contributed by atoms with van der Waals surface area (Å²) < 4.78 is 32.6. The van der Waals surface area contributed by atoms with Gasteiger partial charge in [-0.25, -0.2) is 13.1 Å². The quantitative estimate of drug-likeness (QED) is 0.261. The molecule has 1 N–H and O–H groups in total. The predicted octanol–water partition coefficient (Wildman–Crippen LogP) is 5.79. The number of hydrogen-bond donors (Lipinski definition) is 1. The van der Waals surface area contributed by atoms with Crippen LogP contribution in [0.5, 0.6) is 0 Å². The predicted molar refractivity (Wildman–Crippen MR) is 165 cm³/mol. The van der Waals surface area contributed by atoms with E-state index in [1.807, 2.05) is 29.6 Å². The minimum Gasteiger partial charge on any atom is -0.327 e. The number of rotatable bonds is 6. The molecule has 6 rings (SSSR count). The first kappa shape index (κ1) is 28.0. The lowest BCUT2D eigenvalue weighted by molar-refractivity contribution is 0.0696. The molecule has 42 heavy (non-hydrogen) atoms. The Morgan fingerprint density at radius 2 is 1.74 bits per heavy atom. The molecule has 0 fully saturated rings. The van der Waals surface area contributed by atoms with Crippen LogP contribution >= 0.6 is 22.9 Å². The molecular formula is C31H27ClN4O4S2. The molecule has 1 aliphatic rings. The zero-order valence-electron chi connectivity index (χ0n) is 22.8. The Kier molecular flexibility index (Phi) is 7.30. The maximum Gasteiger partial charge on any atom is 0.296 e. The highest BCUT2D eigenvalue weighted by Crippen LogP contribution is 2.39. The summed E-state index contributed by atoms with van der Waals surface area (Å²) in [5, 5.41) is 2.63. The standard InChI is InChI=1S/C31H27ClN4O4S2/c1-20-28(31(38)36(34(20)2)24-8-4-3-5-9-24)33-42(39,40)25-10-6-7-22(19-25)30(37)35-17-15-27-26(16-18-41-27)29(35)21-11-13-23(32)14-12-21/h3-14,16,18-19,29,33H,15,17H2,1-2H3. The van der Waals surface area contributed by atoms with Gasteiger partial charge in [-0.1, -0.05) is 48.0 Å². The SMILES string of the molecule is Cc1c(NS(=O)(=O)c2cccc(C(=O)N3CCc4sccc4C3c3ccc(Cl)cc3)c2)c(=O)n(-c2ccccc2)n1C. The molecule has 1 atom stereocenters. The van der Waals surface area contributed by atoms with Gasteiger partial charge in [0.05, 0.1) is 22.3 Å². The molecule has 0 bridgehead atoms. The van der Waals surface area contributed by atoms with Gasteiger partial charge in [0.2, 0.25) is 0 Å². The van der Waals surface area contributed by atoms with E-state index < -0.39 is 15.6 Å². The lowest BCUT2D eigenvalue weighted by atomic mass is 9.92. The van der Waals surface area contributed by atoms with Crippen LogP contribution in [0, 0.1) is 6.92 Å². The second-order valence-corrected chi connectivity index (χ2v) is 13.2. The highest BCUT2D eigenvalue weighted by molar-refractivity contribution is 7.92. The van der Waals surface area contributed by atoms with Gasteiger partial charge >= 0.3 is 0 Å². The molecule has 0 radical (unpaired) electrons. The zero-order chi connectivity index (χ0) is 29.6. The number of carbonyl (C=O) groups is 1. The van der Waals surface area contributed by atoms with E-state index in [4.69, 9.17) is 11.6 Å². The number of sulfonamides is 1. The molecule has 3 heterocycles. The molecule has 0 spiro atoms. The first-order chi connectivity index (χ1) is 20.2. The smallest absolute Gasteiger partial charge is 0.296 e. The molecule has 8 nitrogen and oxygen atoms in total. The molecule has 11 heteroatoms. The number of nitrogens with one attached hydrogen (secondary N) is 1. The van der Waals surface area contributed by atoms with Gasteiger partial charge in [0.25, 0.3) is 21.5 Å². The normalized spacial score (nSPS) is 14.9. The van der Waals surface area contributed by atoms with Crippen molar-refractivity contribution in [3.05, 3.63) is 133 Å². The van der Waals surface area contributed by atoms with Gasteiger partial charge < -0.3 is 4.90 Å². The molecule has 3 aromatic carbocycles. The first-order valence-corrected chi connectivity index (χ1v) is 16.0. The Hall–Kier alpha value is -4.12. The third-order valence-electron chi connectivity index (χ3n) is 7.59. The number of benzene rings is 3. The van der Waals surface area contributed by atoms with Crippen LogP contribution in [0.1, 0.15) is 38.1 Å². The van der Waals surface area contributed by atoms with Gasteiger partial charge in [-0.15, -0.1) is 11.3 Å². The van der Waals surface area contributed by atoms with Crippen molar-refractivity contribution in [2.75, 3.05) is 11.3 Å². The number of carbonyl (C=O) groups excluding carboxylic acids is 1. The molecule has 1 aliphatic heterocycles. The Morgan fingerprint density at radius 3 is 2.48 bits per heavy atom. The number of halogens is 1. The summed E-state index contributed by atoms with van der Waals surface area (Å²) in [6, 6.07) is 24.0. The molecule has 214 valence electrons. The van der Waals surface area contributed by atoms with Crippen molar-refractivity contribution in [1.82, 2.24) is 14.3 Å². The Labute approximate surface area is 252 Å². The van der Waals surface area contributed by atoms with Gasteiger partial charge in [-0.05, 0) is 78.4 Å². The number of anilines is 1. The molecule has 5 aromatic rings. The van der Waals surface area contributed by atoms with Crippen LogP contribution in [0.15, 0.2) is 100.0 Å². The molecule has 0 aliphatic carbocycles. The summed E-state index contributed by atoms with van der Waals surface area (Å²) in [5.41, 5.74) is 2.72. The van der Waals surface area contributed by atoms with Crippen molar-refractivity contribution in [3.63, 3.8) is 0 Å². The largest absolute Gasteiger partial charge is 0.327 e. The van der Waals surface area contributed by atoms with E-state index in [2.05, 4.69) is 4.72 Å².